The van der Waals surface area contributed by atoms with Gasteiger partial charge in [0.1, 0.15) is 11.5 Å². The second-order valence-corrected chi connectivity index (χ2v) is 9.12. The average Bonchev–Trinajstić information content (AvgIpc) is 3.55. The van der Waals surface area contributed by atoms with E-state index < -0.39 is 6.04 Å². The van der Waals surface area contributed by atoms with Crippen molar-refractivity contribution in [2.24, 2.45) is 0 Å². The molecule has 3 aliphatic rings. The second-order valence-electron chi connectivity index (χ2n) is 9.12. The second kappa shape index (κ2) is 8.46. The number of amides is 2. The number of nitrogens with one attached hydrogen (secondary N) is 1. The zero-order chi connectivity index (χ0) is 23.1. The molecule has 0 spiro atoms. The lowest BCUT2D eigenvalue weighted by Crippen LogP contribution is -2.44. The number of Topliss-reactive ketones (excluding diaryl/α,β-unsaturated/α-hetero) is 2. The summed E-state index contributed by atoms with van der Waals surface area (Å²) in [6.45, 7) is 2.20. The van der Waals surface area contributed by atoms with Crippen molar-refractivity contribution in [2.75, 3.05) is 0 Å². The zero-order valence-corrected chi connectivity index (χ0v) is 18.5. The monoisotopic (exact) mass is 446 g/mol. The Hall–Kier alpha value is -3.48. The van der Waals surface area contributed by atoms with Gasteiger partial charge in [-0.1, -0.05) is 12.1 Å². The molecular weight excluding hydrogens is 420 g/mol. The van der Waals surface area contributed by atoms with Crippen LogP contribution in [0.4, 0.5) is 0 Å². The van der Waals surface area contributed by atoms with E-state index in [4.69, 9.17) is 4.74 Å². The third-order valence-electron chi connectivity index (χ3n) is 6.57. The first kappa shape index (κ1) is 21.4. The Morgan fingerprint density at radius 3 is 2.52 bits per heavy atom. The Balaban J connectivity index is 1.25. The molecule has 1 N–H and O–H groups in total. The molecule has 7 nitrogen and oxygen atoms in total. The van der Waals surface area contributed by atoms with Crippen LogP contribution in [-0.2, 0) is 16.1 Å². The number of fused-ring (bicyclic) bond motifs is 1. The molecule has 1 unspecified atom stereocenters. The van der Waals surface area contributed by atoms with E-state index in [1.54, 1.807) is 18.2 Å². The van der Waals surface area contributed by atoms with Crippen molar-refractivity contribution in [2.45, 2.75) is 63.8 Å². The minimum atomic E-state index is -0.563. The number of hydrogen-bond donors (Lipinski definition) is 1. The molecule has 1 heterocycles. The number of benzene rings is 2. The van der Waals surface area contributed by atoms with Gasteiger partial charge < -0.3 is 15.0 Å². The maximum Gasteiger partial charge on any atom is 0.255 e. The predicted octanol–water partition coefficient (Wildman–Crippen LogP) is 3.37. The van der Waals surface area contributed by atoms with Crippen molar-refractivity contribution in [1.82, 2.24) is 10.2 Å². The summed E-state index contributed by atoms with van der Waals surface area (Å²) in [5, 5.41) is 3.00. The molecule has 2 fully saturated rings. The number of carbonyl (C=O) groups excluding carboxylic acids is 4. The van der Waals surface area contributed by atoms with Crippen molar-refractivity contribution < 1.29 is 23.9 Å². The lowest BCUT2D eigenvalue weighted by molar-refractivity contribution is -0.133. The maximum absolute atomic E-state index is 12.9. The molecular formula is C26H26N2O5. The van der Waals surface area contributed by atoms with E-state index in [-0.39, 0.29) is 42.4 Å². The Labute approximate surface area is 192 Å². The number of carbonyl (C=O) groups is 4. The van der Waals surface area contributed by atoms with Crippen LogP contribution in [0.25, 0.3) is 0 Å². The minimum Gasteiger partial charge on any atom is -0.490 e. The fourth-order valence-corrected chi connectivity index (χ4v) is 4.50. The molecule has 2 saturated carbocycles. The molecule has 0 saturated heterocycles. The fourth-order valence-electron chi connectivity index (χ4n) is 4.50. The van der Waals surface area contributed by atoms with Gasteiger partial charge in [-0.25, -0.2) is 0 Å². The first-order valence-electron chi connectivity index (χ1n) is 11.4. The van der Waals surface area contributed by atoms with E-state index >= 15 is 0 Å². The van der Waals surface area contributed by atoms with Crippen molar-refractivity contribution >= 4 is 23.4 Å². The largest absolute Gasteiger partial charge is 0.490 e. The number of rotatable bonds is 6. The van der Waals surface area contributed by atoms with Crippen molar-refractivity contribution in [1.29, 1.82) is 0 Å². The van der Waals surface area contributed by atoms with Crippen LogP contribution in [0.1, 0.15) is 76.9 Å². The summed E-state index contributed by atoms with van der Waals surface area (Å²) in [6.07, 6.45) is 3.13. The molecule has 2 aromatic rings. The van der Waals surface area contributed by atoms with Gasteiger partial charge in [-0.05, 0) is 67.6 Å². The van der Waals surface area contributed by atoms with Gasteiger partial charge in [-0.2, -0.15) is 0 Å². The zero-order valence-electron chi connectivity index (χ0n) is 18.5. The van der Waals surface area contributed by atoms with E-state index in [0.717, 1.165) is 29.7 Å². The van der Waals surface area contributed by atoms with Crippen LogP contribution in [0.3, 0.4) is 0 Å². The molecule has 0 bridgehead atoms. The highest BCUT2D eigenvalue weighted by Gasteiger charge is 2.39. The number of ether oxygens (including phenoxy) is 1. The van der Waals surface area contributed by atoms with E-state index in [1.165, 1.54) is 4.90 Å². The average molecular weight is 447 g/mol. The molecule has 5 rings (SSSR count). The summed E-state index contributed by atoms with van der Waals surface area (Å²) in [5.41, 5.74) is 2.68. The maximum atomic E-state index is 12.9. The number of hydrogen-bond acceptors (Lipinski definition) is 5. The minimum absolute atomic E-state index is 0.0708. The molecule has 2 atom stereocenters. The van der Waals surface area contributed by atoms with Gasteiger partial charge in [-0.15, -0.1) is 0 Å². The number of ketones is 2. The fraction of sp³-hybridized carbons (Fsp3) is 0.385. The third-order valence-corrected chi connectivity index (χ3v) is 6.57. The lowest BCUT2D eigenvalue weighted by Gasteiger charge is -2.29. The first-order chi connectivity index (χ1) is 15.9. The molecule has 2 amide bonds. The Morgan fingerprint density at radius 2 is 1.82 bits per heavy atom. The van der Waals surface area contributed by atoms with Gasteiger partial charge in [0.25, 0.3) is 11.8 Å². The molecule has 7 heteroatoms. The van der Waals surface area contributed by atoms with Gasteiger partial charge in [0.2, 0.25) is 0 Å². The van der Waals surface area contributed by atoms with E-state index in [9.17, 15) is 19.2 Å². The molecule has 2 aliphatic carbocycles. The first-order valence-corrected chi connectivity index (χ1v) is 11.4. The topological polar surface area (TPSA) is 92.8 Å². The molecule has 1 aliphatic heterocycles. The highest BCUT2D eigenvalue weighted by molar-refractivity contribution is 6.08. The van der Waals surface area contributed by atoms with Crippen LogP contribution in [0.5, 0.6) is 5.75 Å². The summed E-state index contributed by atoms with van der Waals surface area (Å²) < 4.78 is 5.77. The number of nitrogens with zero attached hydrogens (tertiary/aromatic N) is 1. The molecule has 2 aromatic carbocycles. The summed E-state index contributed by atoms with van der Waals surface area (Å²) >= 11 is 0. The highest BCUT2D eigenvalue weighted by Crippen LogP contribution is 2.30. The Bertz CT molecular complexity index is 1140. The SMILES string of the molecule is C[C@H](NC(=O)c1ccc2c(c1)CN(C1CCC(=O)CC1=O)C2=O)c1ccc(OC2CC2)cc1. The molecule has 0 radical (unpaired) electrons. The van der Waals surface area contributed by atoms with Crippen LogP contribution in [-0.4, -0.2) is 40.4 Å². The van der Waals surface area contributed by atoms with Gasteiger partial charge in [-0.3, -0.25) is 19.2 Å². The van der Waals surface area contributed by atoms with Crippen LogP contribution in [0.2, 0.25) is 0 Å². The van der Waals surface area contributed by atoms with E-state index in [0.29, 0.717) is 30.1 Å². The quantitative estimate of drug-likeness (QED) is 0.687. The van der Waals surface area contributed by atoms with E-state index in [1.807, 2.05) is 31.2 Å². The van der Waals surface area contributed by atoms with Gasteiger partial charge in [0, 0.05) is 24.1 Å². The highest BCUT2D eigenvalue weighted by atomic mass is 16.5. The van der Waals surface area contributed by atoms with Crippen LogP contribution >= 0.6 is 0 Å². The third kappa shape index (κ3) is 4.40. The Kier molecular flexibility index (Phi) is 5.48. The van der Waals surface area contributed by atoms with E-state index in [2.05, 4.69) is 5.32 Å². The normalized spacial score (nSPS) is 21.1. The van der Waals surface area contributed by atoms with Crippen LogP contribution in [0.15, 0.2) is 42.5 Å². The summed E-state index contributed by atoms with van der Waals surface area (Å²) in [7, 11) is 0. The summed E-state index contributed by atoms with van der Waals surface area (Å²) in [5.74, 6) is 0.125. The van der Waals surface area contributed by atoms with Crippen molar-refractivity contribution in [3.05, 3.63) is 64.7 Å². The summed E-state index contributed by atoms with van der Waals surface area (Å²) in [6, 6.07) is 12.0. The molecule has 0 aromatic heterocycles. The van der Waals surface area contributed by atoms with Gasteiger partial charge >= 0.3 is 0 Å². The smallest absolute Gasteiger partial charge is 0.255 e. The van der Waals surface area contributed by atoms with Crippen molar-refractivity contribution in [3.63, 3.8) is 0 Å². The standard InChI is InChI=1S/C26H26N2O5/c1-15(16-2-6-20(7-3-16)33-21-8-9-21)27-25(31)17-4-10-22-18(12-17)14-28(26(22)32)23-11-5-19(29)13-24(23)30/h2-4,6-7,10,12,15,21,23H,5,8-9,11,13-14H2,1H3,(H,27,31)/t15-,23?/m0/s1. The lowest BCUT2D eigenvalue weighted by atomic mass is 9.92. The molecule has 33 heavy (non-hydrogen) atoms. The predicted molar refractivity (Wildman–Crippen MR) is 120 cm³/mol. The Morgan fingerprint density at radius 1 is 1.06 bits per heavy atom. The summed E-state index contributed by atoms with van der Waals surface area (Å²) in [4.78, 5) is 51.1. The van der Waals surface area contributed by atoms with Crippen molar-refractivity contribution in [3.8, 4) is 5.75 Å². The van der Waals surface area contributed by atoms with Gasteiger partial charge in [0.05, 0.1) is 24.6 Å². The van der Waals surface area contributed by atoms with Gasteiger partial charge in [0.15, 0.2) is 5.78 Å². The van der Waals surface area contributed by atoms with Crippen LogP contribution < -0.4 is 10.1 Å². The molecule has 170 valence electrons. The van der Waals surface area contributed by atoms with Crippen LogP contribution in [0, 0.1) is 0 Å².